The summed E-state index contributed by atoms with van der Waals surface area (Å²) in [4.78, 5) is 11.5. The van der Waals surface area contributed by atoms with Crippen molar-refractivity contribution in [3.63, 3.8) is 0 Å². The van der Waals surface area contributed by atoms with E-state index in [0.29, 0.717) is 19.1 Å². The van der Waals surface area contributed by atoms with Gasteiger partial charge < -0.3 is 24.1 Å². The third-order valence-electron chi connectivity index (χ3n) is 5.92. The summed E-state index contributed by atoms with van der Waals surface area (Å²) in [5.74, 6) is -0.772. The maximum atomic E-state index is 11.5. The van der Waals surface area contributed by atoms with Gasteiger partial charge in [0.15, 0.2) is 5.79 Å². The van der Waals surface area contributed by atoms with Crippen LogP contribution in [0.2, 0.25) is 0 Å². The standard InChI is InChI=1S/C24H38O6/c1-15(13-28-14-19-8-10-20(27-7)11-9-19)12-16(2)21-17(3)22(18(4)23(25)26)30-24(5,6)29-21/h8-11,15-18,21-22H,12-14H2,1-7H3,(H,25,26)/t15-,16+,17-,18-,21+,22+/m1/s1. The van der Waals surface area contributed by atoms with Gasteiger partial charge in [0.05, 0.1) is 31.8 Å². The highest BCUT2D eigenvalue weighted by Crippen LogP contribution is 2.39. The first-order chi connectivity index (χ1) is 14.0. The molecule has 1 aromatic rings. The number of rotatable bonds is 10. The molecular weight excluding hydrogens is 384 g/mol. The molecule has 1 fully saturated rings. The fourth-order valence-electron chi connectivity index (χ4n) is 4.35. The van der Waals surface area contributed by atoms with Gasteiger partial charge in [0.2, 0.25) is 0 Å². The Balaban J connectivity index is 1.89. The molecule has 0 aromatic heterocycles. The molecule has 1 aliphatic rings. The molecule has 1 N–H and O–H groups in total. The Morgan fingerprint density at radius 2 is 1.73 bits per heavy atom. The SMILES string of the molecule is COc1ccc(COC[C@H](C)C[C@H](C)[C@@H]2OC(C)(C)O[C@H]([C@@H](C)C(=O)O)[C@@H]2C)cc1. The minimum absolute atomic E-state index is 0.00783. The summed E-state index contributed by atoms with van der Waals surface area (Å²) in [6, 6.07) is 7.89. The molecule has 6 nitrogen and oxygen atoms in total. The summed E-state index contributed by atoms with van der Waals surface area (Å²) < 4.78 is 23.3. The molecule has 0 radical (unpaired) electrons. The van der Waals surface area contributed by atoms with Crippen LogP contribution in [-0.2, 0) is 25.6 Å². The van der Waals surface area contributed by atoms with E-state index in [-0.39, 0.29) is 24.0 Å². The molecule has 0 bridgehead atoms. The van der Waals surface area contributed by atoms with Crippen LogP contribution in [0.25, 0.3) is 0 Å². The molecule has 30 heavy (non-hydrogen) atoms. The van der Waals surface area contributed by atoms with Crippen LogP contribution >= 0.6 is 0 Å². The topological polar surface area (TPSA) is 74.2 Å². The van der Waals surface area contributed by atoms with Gasteiger partial charge in [-0.1, -0.05) is 32.9 Å². The first kappa shape index (κ1) is 24.6. The Morgan fingerprint density at radius 1 is 1.13 bits per heavy atom. The highest BCUT2D eigenvalue weighted by molar-refractivity contribution is 5.70. The normalized spacial score (nSPS) is 26.6. The number of hydrogen-bond acceptors (Lipinski definition) is 5. The number of ether oxygens (including phenoxy) is 4. The van der Waals surface area contributed by atoms with Gasteiger partial charge in [-0.15, -0.1) is 0 Å². The van der Waals surface area contributed by atoms with Gasteiger partial charge in [0.25, 0.3) is 0 Å². The lowest BCUT2D eigenvalue weighted by atomic mass is 9.80. The Kier molecular flexibility index (Phi) is 8.71. The summed E-state index contributed by atoms with van der Waals surface area (Å²) in [7, 11) is 1.66. The predicted octanol–water partition coefficient (Wildman–Crippen LogP) is 4.75. The molecule has 1 heterocycles. The highest BCUT2D eigenvalue weighted by atomic mass is 16.7. The van der Waals surface area contributed by atoms with Gasteiger partial charge in [-0.3, -0.25) is 4.79 Å². The van der Waals surface area contributed by atoms with Crippen LogP contribution in [0.4, 0.5) is 0 Å². The molecule has 2 rings (SSSR count). The van der Waals surface area contributed by atoms with E-state index in [0.717, 1.165) is 17.7 Å². The Bertz CT molecular complexity index is 671. The van der Waals surface area contributed by atoms with E-state index in [1.807, 2.05) is 45.0 Å². The van der Waals surface area contributed by atoms with Crippen LogP contribution in [0, 0.1) is 23.7 Å². The van der Waals surface area contributed by atoms with Crippen LogP contribution in [0.5, 0.6) is 5.75 Å². The molecule has 6 heteroatoms. The number of carbonyl (C=O) groups is 1. The smallest absolute Gasteiger partial charge is 0.308 e. The fourth-order valence-corrected chi connectivity index (χ4v) is 4.35. The van der Waals surface area contributed by atoms with Crippen molar-refractivity contribution >= 4 is 5.97 Å². The van der Waals surface area contributed by atoms with E-state index < -0.39 is 17.7 Å². The fraction of sp³-hybridized carbons (Fsp3) is 0.708. The minimum Gasteiger partial charge on any atom is -0.497 e. The average molecular weight is 423 g/mol. The van der Waals surface area contributed by atoms with Crippen molar-refractivity contribution in [3.8, 4) is 5.75 Å². The molecule has 0 aliphatic carbocycles. The second kappa shape index (κ2) is 10.6. The summed E-state index contributed by atoms with van der Waals surface area (Å²) >= 11 is 0. The van der Waals surface area contributed by atoms with Gasteiger partial charge in [0, 0.05) is 12.5 Å². The Labute approximate surface area is 180 Å². The number of methoxy groups -OCH3 is 1. The van der Waals surface area contributed by atoms with Crippen LogP contribution in [-0.4, -0.2) is 42.8 Å². The predicted molar refractivity (Wildman–Crippen MR) is 115 cm³/mol. The zero-order valence-electron chi connectivity index (χ0n) is 19.4. The first-order valence-electron chi connectivity index (χ1n) is 10.8. The largest absolute Gasteiger partial charge is 0.497 e. The lowest BCUT2D eigenvalue weighted by Gasteiger charge is -2.48. The monoisotopic (exact) mass is 422 g/mol. The quantitative estimate of drug-likeness (QED) is 0.586. The van der Waals surface area contributed by atoms with Crippen molar-refractivity contribution in [1.82, 2.24) is 0 Å². The maximum absolute atomic E-state index is 11.5. The van der Waals surface area contributed by atoms with Crippen molar-refractivity contribution < 1.29 is 28.8 Å². The van der Waals surface area contributed by atoms with Gasteiger partial charge in [-0.25, -0.2) is 0 Å². The second-order valence-corrected chi connectivity index (χ2v) is 9.23. The van der Waals surface area contributed by atoms with E-state index in [4.69, 9.17) is 18.9 Å². The van der Waals surface area contributed by atoms with E-state index in [1.54, 1.807) is 14.0 Å². The lowest BCUT2D eigenvalue weighted by Crippen LogP contribution is -2.55. The average Bonchev–Trinajstić information content (AvgIpc) is 2.69. The third-order valence-corrected chi connectivity index (χ3v) is 5.92. The van der Waals surface area contributed by atoms with Crippen LogP contribution in [0.15, 0.2) is 24.3 Å². The minimum atomic E-state index is -0.837. The van der Waals surface area contributed by atoms with E-state index >= 15 is 0 Å². The maximum Gasteiger partial charge on any atom is 0.308 e. The summed E-state index contributed by atoms with van der Waals surface area (Å²) in [5.41, 5.74) is 1.12. The zero-order chi connectivity index (χ0) is 22.5. The number of carboxylic acid groups (broad SMARTS) is 1. The van der Waals surface area contributed by atoms with E-state index in [1.165, 1.54) is 0 Å². The summed E-state index contributed by atoms with van der Waals surface area (Å²) in [5, 5.41) is 9.47. The number of hydrogen-bond donors (Lipinski definition) is 1. The molecule has 0 unspecified atom stereocenters. The molecule has 1 aromatic carbocycles. The van der Waals surface area contributed by atoms with Gasteiger partial charge in [0.1, 0.15) is 5.75 Å². The molecule has 6 atom stereocenters. The molecule has 1 saturated heterocycles. The summed E-state index contributed by atoms with van der Waals surface area (Å²) in [6.07, 6.45) is 0.493. The van der Waals surface area contributed by atoms with Crippen molar-refractivity contribution in [3.05, 3.63) is 29.8 Å². The van der Waals surface area contributed by atoms with Gasteiger partial charge in [-0.2, -0.15) is 0 Å². The van der Waals surface area contributed by atoms with E-state index in [9.17, 15) is 9.90 Å². The molecular formula is C24H38O6. The molecule has 170 valence electrons. The van der Waals surface area contributed by atoms with Crippen molar-refractivity contribution in [2.45, 2.75) is 72.6 Å². The number of benzene rings is 1. The first-order valence-corrected chi connectivity index (χ1v) is 10.8. The molecule has 0 amide bonds. The Hall–Kier alpha value is -1.63. The zero-order valence-corrected chi connectivity index (χ0v) is 19.4. The Morgan fingerprint density at radius 3 is 2.30 bits per heavy atom. The van der Waals surface area contributed by atoms with Crippen LogP contribution in [0.3, 0.4) is 0 Å². The highest BCUT2D eigenvalue weighted by Gasteiger charge is 2.46. The molecule has 0 spiro atoms. The third kappa shape index (κ3) is 6.69. The van der Waals surface area contributed by atoms with Crippen molar-refractivity contribution in [1.29, 1.82) is 0 Å². The lowest BCUT2D eigenvalue weighted by molar-refractivity contribution is -0.333. The number of carboxylic acids is 1. The van der Waals surface area contributed by atoms with Crippen LogP contribution in [0.1, 0.15) is 53.5 Å². The molecule has 0 saturated carbocycles. The molecule has 1 aliphatic heterocycles. The summed E-state index contributed by atoms with van der Waals surface area (Å²) in [6.45, 7) is 13.0. The second-order valence-electron chi connectivity index (χ2n) is 9.23. The number of aliphatic carboxylic acids is 1. The van der Waals surface area contributed by atoms with Gasteiger partial charge >= 0.3 is 5.97 Å². The van der Waals surface area contributed by atoms with Crippen molar-refractivity contribution in [2.24, 2.45) is 23.7 Å². The van der Waals surface area contributed by atoms with Crippen LogP contribution < -0.4 is 4.74 Å². The van der Waals surface area contributed by atoms with Crippen molar-refractivity contribution in [2.75, 3.05) is 13.7 Å². The van der Waals surface area contributed by atoms with E-state index in [2.05, 4.69) is 13.8 Å². The van der Waals surface area contributed by atoms with Gasteiger partial charge in [-0.05, 0) is 56.7 Å².